The van der Waals surface area contributed by atoms with Crippen LogP contribution in [0.4, 0.5) is 5.69 Å². The molecular formula is C16H18ClN3O. The van der Waals surface area contributed by atoms with E-state index < -0.39 is 0 Å². The lowest BCUT2D eigenvalue weighted by atomic mass is 10.1. The lowest BCUT2D eigenvalue weighted by molar-refractivity contribution is 0.0944. The van der Waals surface area contributed by atoms with Gasteiger partial charge in [0.05, 0.1) is 5.69 Å². The van der Waals surface area contributed by atoms with Crippen LogP contribution in [0.15, 0.2) is 36.5 Å². The van der Waals surface area contributed by atoms with Crippen molar-refractivity contribution in [3.8, 4) is 0 Å². The second-order valence-electron chi connectivity index (χ2n) is 5.43. The second-order valence-corrected chi connectivity index (χ2v) is 5.87. The third-order valence-electron chi connectivity index (χ3n) is 3.63. The molecule has 110 valence electrons. The van der Waals surface area contributed by atoms with Gasteiger partial charge in [0, 0.05) is 23.8 Å². The third-order valence-corrected chi connectivity index (χ3v) is 3.87. The van der Waals surface area contributed by atoms with Crippen molar-refractivity contribution in [3.63, 3.8) is 0 Å². The van der Waals surface area contributed by atoms with Crippen LogP contribution in [0.2, 0.25) is 5.02 Å². The normalized spacial score (nSPS) is 14.1. The molecule has 0 bridgehead atoms. The molecule has 0 saturated heterocycles. The average Bonchev–Trinajstić information content (AvgIpc) is 3.21. The smallest absolute Gasteiger partial charge is 0.268 e. The van der Waals surface area contributed by atoms with E-state index in [2.05, 4.69) is 5.32 Å². The summed E-state index contributed by atoms with van der Waals surface area (Å²) in [5.74, 6) is -0.0689. The summed E-state index contributed by atoms with van der Waals surface area (Å²) >= 11 is 5.94. The summed E-state index contributed by atoms with van der Waals surface area (Å²) in [5.41, 5.74) is 8.21. The molecule has 3 rings (SSSR count). The molecule has 1 aliphatic rings. The van der Waals surface area contributed by atoms with Crippen LogP contribution < -0.4 is 11.1 Å². The number of carbonyl (C=O) groups excluding carboxylic acids is 1. The van der Waals surface area contributed by atoms with Crippen molar-refractivity contribution < 1.29 is 4.79 Å². The number of hydrogen-bond acceptors (Lipinski definition) is 2. The number of nitrogens with one attached hydrogen (secondary N) is 1. The number of nitrogens with zero attached hydrogens (tertiary/aromatic N) is 1. The molecule has 0 atom stereocenters. The van der Waals surface area contributed by atoms with Gasteiger partial charge in [0.25, 0.3) is 5.91 Å². The highest BCUT2D eigenvalue weighted by Gasteiger charge is 2.27. The van der Waals surface area contributed by atoms with Gasteiger partial charge in [0.1, 0.15) is 5.69 Å². The van der Waals surface area contributed by atoms with Gasteiger partial charge in [-0.15, -0.1) is 0 Å². The molecule has 2 aromatic rings. The molecule has 1 aromatic carbocycles. The number of benzene rings is 1. The van der Waals surface area contributed by atoms with Crippen LogP contribution in [0.25, 0.3) is 0 Å². The third kappa shape index (κ3) is 3.39. The van der Waals surface area contributed by atoms with E-state index in [0.717, 1.165) is 24.8 Å². The maximum atomic E-state index is 12.3. The molecule has 1 heterocycles. The van der Waals surface area contributed by atoms with Gasteiger partial charge in [-0.2, -0.15) is 0 Å². The van der Waals surface area contributed by atoms with Gasteiger partial charge in [0.2, 0.25) is 0 Å². The van der Waals surface area contributed by atoms with Crippen molar-refractivity contribution in [2.24, 2.45) is 0 Å². The van der Waals surface area contributed by atoms with Gasteiger partial charge in [-0.25, -0.2) is 0 Å². The highest BCUT2D eigenvalue weighted by Crippen LogP contribution is 2.37. The number of halogens is 1. The molecule has 5 heteroatoms. The maximum Gasteiger partial charge on any atom is 0.268 e. The van der Waals surface area contributed by atoms with Crippen molar-refractivity contribution in [1.29, 1.82) is 0 Å². The lowest BCUT2D eigenvalue weighted by Gasteiger charge is -2.08. The number of hydrogen-bond donors (Lipinski definition) is 2. The van der Waals surface area contributed by atoms with Gasteiger partial charge in [-0.05, 0) is 43.0 Å². The van der Waals surface area contributed by atoms with E-state index in [1.165, 1.54) is 0 Å². The number of anilines is 1. The summed E-state index contributed by atoms with van der Waals surface area (Å²) in [4.78, 5) is 12.3. The number of nitrogens with two attached hydrogens (primary N) is 1. The largest absolute Gasteiger partial charge is 0.397 e. The van der Waals surface area contributed by atoms with Gasteiger partial charge in [-0.1, -0.05) is 23.7 Å². The highest BCUT2D eigenvalue weighted by atomic mass is 35.5. The fraction of sp³-hybridized carbons (Fsp3) is 0.312. The Morgan fingerprint density at radius 3 is 2.90 bits per heavy atom. The zero-order valence-electron chi connectivity index (χ0n) is 11.7. The van der Waals surface area contributed by atoms with Crippen LogP contribution >= 0.6 is 11.6 Å². The molecule has 3 N–H and O–H groups in total. The number of rotatable bonds is 5. The Hall–Kier alpha value is -1.94. The van der Waals surface area contributed by atoms with Crippen LogP contribution in [-0.4, -0.2) is 17.0 Å². The molecule has 1 fully saturated rings. The van der Waals surface area contributed by atoms with E-state index in [9.17, 15) is 4.79 Å². The van der Waals surface area contributed by atoms with Crippen LogP contribution in [0.1, 0.15) is 34.9 Å². The first-order valence-corrected chi connectivity index (χ1v) is 7.51. The number of aromatic nitrogens is 1. The van der Waals surface area contributed by atoms with Gasteiger partial charge in [0.15, 0.2) is 0 Å². The molecule has 0 unspecified atom stereocenters. The van der Waals surface area contributed by atoms with E-state index in [0.29, 0.717) is 29.0 Å². The van der Waals surface area contributed by atoms with E-state index in [1.807, 2.05) is 35.0 Å². The SMILES string of the molecule is Nc1cc(C(=O)NCCc2cccc(Cl)c2)n(C2CC2)c1. The zero-order chi connectivity index (χ0) is 14.8. The van der Waals surface area contributed by atoms with Crippen molar-refractivity contribution in [3.05, 3.63) is 52.8 Å². The minimum atomic E-state index is -0.0689. The summed E-state index contributed by atoms with van der Waals surface area (Å²) in [5, 5.41) is 3.66. The molecule has 0 radical (unpaired) electrons. The van der Waals surface area contributed by atoms with Crippen molar-refractivity contribution >= 4 is 23.2 Å². The molecule has 0 aliphatic heterocycles. The van der Waals surface area contributed by atoms with Crippen LogP contribution in [0.3, 0.4) is 0 Å². The Balaban J connectivity index is 1.59. The molecule has 1 saturated carbocycles. The topological polar surface area (TPSA) is 60.1 Å². The van der Waals surface area contributed by atoms with E-state index in [4.69, 9.17) is 17.3 Å². The number of nitrogen functional groups attached to an aromatic ring is 1. The van der Waals surface area contributed by atoms with Gasteiger partial charge in [-0.3, -0.25) is 4.79 Å². The number of carbonyl (C=O) groups is 1. The van der Waals surface area contributed by atoms with Crippen molar-refractivity contribution in [1.82, 2.24) is 9.88 Å². The molecule has 0 spiro atoms. The maximum absolute atomic E-state index is 12.3. The average molecular weight is 304 g/mol. The zero-order valence-corrected chi connectivity index (χ0v) is 12.4. The molecule has 21 heavy (non-hydrogen) atoms. The highest BCUT2D eigenvalue weighted by molar-refractivity contribution is 6.30. The quantitative estimate of drug-likeness (QED) is 0.892. The molecule has 1 aliphatic carbocycles. The van der Waals surface area contributed by atoms with E-state index >= 15 is 0 Å². The molecule has 1 amide bonds. The minimum Gasteiger partial charge on any atom is -0.397 e. The first-order valence-electron chi connectivity index (χ1n) is 7.13. The Morgan fingerprint density at radius 1 is 1.38 bits per heavy atom. The van der Waals surface area contributed by atoms with Crippen LogP contribution in [-0.2, 0) is 6.42 Å². The summed E-state index contributed by atoms with van der Waals surface area (Å²) in [6.07, 6.45) is 4.85. The summed E-state index contributed by atoms with van der Waals surface area (Å²) in [6, 6.07) is 9.86. The van der Waals surface area contributed by atoms with Crippen LogP contribution in [0.5, 0.6) is 0 Å². The van der Waals surface area contributed by atoms with Crippen LogP contribution in [0, 0.1) is 0 Å². The number of amides is 1. The predicted octanol–water partition coefficient (Wildman–Crippen LogP) is 3.03. The fourth-order valence-electron chi connectivity index (χ4n) is 2.44. The van der Waals surface area contributed by atoms with Crippen molar-refractivity contribution in [2.75, 3.05) is 12.3 Å². The summed E-state index contributed by atoms with van der Waals surface area (Å²) in [6.45, 7) is 0.578. The summed E-state index contributed by atoms with van der Waals surface area (Å²) in [7, 11) is 0. The fourth-order valence-corrected chi connectivity index (χ4v) is 2.65. The van der Waals surface area contributed by atoms with Gasteiger partial charge >= 0.3 is 0 Å². The molecule has 4 nitrogen and oxygen atoms in total. The summed E-state index contributed by atoms with van der Waals surface area (Å²) < 4.78 is 1.99. The van der Waals surface area contributed by atoms with Crippen molar-refractivity contribution in [2.45, 2.75) is 25.3 Å². The second kappa shape index (κ2) is 5.82. The monoisotopic (exact) mass is 303 g/mol. The molecule has 1 aromatic heterocycles. The Bertz CT molecular complexity index is 661. The van der Waals surface area contributed by atoms with E-state index in [1.54, 1.807) is 6.07 Å². The lowest BCUT2D eigenvalue weighted by Crippen LogP contribution is -2.27. The molecular weight excluding hydrogens is 286 g/mol. The minimum absolute atomic E-state index is 0.0689. The standard InChI is InChI=1S/C16H18ClN3O/c17-12-3-1-2-11(8-12)6-7-19-16(21)15-9-13(18)10-20(15)14-4-5-14/h1-3,8-10,14H,4-7,18H2,(H,19,21). The Kier molecular flexibility index (Phi) is 3.88. The predicted molar refractivity (Wildman–Crippen MR) is 84.6 cm³/mol. The Labute approximate surface area is 128 Å². The first-order chi connectivity index (χ1) is 10.1. The first kappa shape index (κ1) is 14.0. The van der Waals surface area contributed by atoms with E-state index in [-0.39, 0.29) is 5.91 Å². The Morgan fingerprint density at radius 2 is 2.19 bits per heavy atom. The van der Waals surface area contributed by atoms with Gasteiger partial charge < -0.3 is 15.6 Å².